The minimum Gasteiger partial charge on any atom is -0.399 e. The van der Waals surface area contributed by atoms with Crippen LogP contribution in [0, 0.1) is 0 Å². The number of rotatable bonds is 3. The summed E-state index contributed by atoms with van der Waals surface area (Å²) in [6.45, 7) is 0.785. The van der Waals surface area contributed by atoms with Gasteiger partial charge in [-0.2, -0.15) is 0 Å². The Morgan fingerprint density at radius 3 is 3.00 bits per heavy atom. The summed E-state index contributed by atoms with van der Waals surface area (Å²) in [5.41, 5.74) is 9.28. The lowest BCUT2D eigenvalue weighted by molar-refractivity contribution is 1.17. The van der Waals surface area contributed by atoms with Gasteiger partial charge in [0.1, 0.15) is 0 Å². The standard InChI is InChI=1S/C10H10BrN3S/c11-9-3-7(12)1-2-10(9)14-5-8-4-13-6-15-8/h1-4,6,14H,5,12H2. The minimum atomic E-state index is 0.755. The molecule has 2 aromatic rings. The van der Waals surface area contributed by atoms with E-state index < -0.39 is 0 Å². The van der Waals surface area contributed by atoms with E-state index in [2.05, 4.69) is 26.2 Å². The molecule has 0 saturated heterocycles. The van der Waals surface area contributed by atoms with Gasteiger partial charge in [-0.1, -0.05) is 0 Å². The fraction of sp³-hybridized carbons (Fsp3) is 0.100. The smallest absolute Gasteiger partial charge is 0.0794 e. The molecule has 3 N–H and O–H groups in total. The number of nitrogen functional groups attached to an aromatic ring is 1. The Labute approximate surface area is 100 Å². The topological polar surface area (TPSA) is 50.9 Å². The van der Waals surface area contributed by atoms with Crippen molar-refractivity contribution in [1.29, 1.82) is 0 Å². The van der Waals surface area contributed by atoms with Crippen molar-refractivity contribution in [3.05, 3.63) is 39.3 Å². The summed E-state index contributed by atoms with van der Waals surface area (Å²) in [5, 5.41) is 3.31. The molecule has 0 amide bonds. The van der Waals surface area contributed by atoms with Crippen molar-refractivity contribution in [2.24, 2.45) is 0 Å². The molecule has 0 radical (unpaired) electrons. The Morgan fingerprint density at radius 1 is 1.47 bits per heavy atom. The SMILES string of the molecule is Nc1ccc(NCc2cncs2)c(Br)c1. The van der Waals surface area contributed by atoms with E-state index in [1.807, 2.05) is 29.9 Å². The Kier molecular flexibility index (Phi) is 3.23. The minimum absolute atomic E-state index is 0.755. The van der Waals surface area contributed by atoms with E-state index in [0.717, 1.165) is 22.4 Å². The maximum atomic E-state index is 5.65. The molecule has 0 atom stereocenters. The third-order valence-electron chi connectivity index (χ3n) is 1.93. The lowest BCUT2D eigenvalue weighted by atomic mass is 10.3. The number of benzene rings is 1. The summed E-state index contributed by atoms with van der Waals surface area (Å²) in [7, 11) is 0. The van der Waals surface area contributed by atoms with Gasteiger partial charge in [0.15, 0.2) is 0 Å². The predicted octanol–water partition coefficient (Wildman–Crippen LogP) is 3.10. The van der Waals surface area contributed by atoms with Crippen molar-refractivity contribution in [1.82, 2.24) is 4.98 Å². The van der Waals surface area contributed by atoms with E-state index in [1.165, 1.54) is 4.88 Å². The van der Waals surface area contributed by atoms with Gasteiger partial charge in [-0.25, -0.2) is 0 Å². The number of anilines is 2. The largest absolute Gasteiger partial charge is 0.399 e. The van der Waals surface area contributed by atoms with E-state index in [4.69, 9.17) is 5.73 Å². The molecule has 0 fully saturated rings. The molecule has 0 bridgehead atoms. The summed E-state index contributed by atoms with van der Waals surface area (Å²) >= 11 is 5.09. The summed E-state index contributed by atoms with van der Waals surface area (Å²) < 4.78 is 0.979. The van der Waals surface area contributed by atoms with Crippen LogP contribution in [0.2, 0.25) is 0 Å². The fourth-order valence-corrected chi connectivity index (χ4v) is 2.26. The van der Waals surface area contributed by atoms with Crippen LogP contribution in [0.25, 0.3) is 0 Å². The van der Waals surface area contributed by atoms with Crippen LogP contribution in [-0.4, -0.2) is 4.98 Å². The normalized spacial score (nSPS) is 10.2. The van der Waals surface area contributed by atoms with Crippen LogP contribution in [0.15, 0.2) is 34.4 Å². The Bertz CT molecular complexity index is 442. The number of halogens is 1. The highest BCUT2D eigenvalue weighted by molar-refractivity contribution is 9.10. The molecule has 0 aliphatic carbocycles. The highest BCUT2D eigenvalue weighted by Crippen LogP contribution is 2.25. The molecule has 15 heavy (non-hydrogen) atoms. The molecule has 2 rings (SSSR count). The number of aromatic nitrogens is 1. The second kappa shape index (κ2) is 4.63. The van der Waals surface area contributed by atoms with Crippen LogP contribution >= 0.6 is 27.3 Å². The maximum Gasteiger partial charge on any atom is 0.0794 e. The van der Waals surface area contributed by atoms with Gasteiger partial charge in [-0.3, -0.25) is 4.98 Å². The van der Waals surface area contributed by atoms with Gasteiger partial charge >= 0.3 is 0 Å². The molecule has 0 saturated carbocycles. The van der Waals surface area contributed by atoms with Crippen LogP contribution in [0.1, 0.15) is 4.88 Å². The lowest BCUT2D eigenvalue weighted by Gasteiger charge is -2.07. The van der Waals surface area contributed by atoms with Crippen LogP contribution in [0.5, 0.6) is 0 Å². The van der Waals surface area contributed by atoms with E-state index in [-0.39, 0.29) is 0 Å². The van der Waals surface area contributed by atoms with E-state index in [0.29, 0.717) is 0 Å². The van der Waals surface area contributed by atoms with Crippen LogP contribution in [0.4, 0.5) is 11.4 Å². The van der Waals surface area contributed by atoms with Crippen molar-refractivity contribution in [3.8, 4) is 0 Å². The third-order valence-corrected chi connectivity index (χ3v) is 3.37. The first-order chi connectivity index (χ1) is 7.25. The zero-order valence-corrected chi connectivity index (χ0v) is 10.3. The van der Waals surface area contributed by atoms with E-state index >= 15 is 0 Å². The van der Waals surface area contributed by atoms with Crippen molar-refractivity contribution in [3.63, 3.8) is 0 Å². The number of hydrogen-bond acceptors (Lipinski definition) is 4. The Morgan fingerprint density at radius 2 is 2.33 bits per heavy atom. The van der Waals surface area contributed by atoms with Gasteiger partial charge in [-0.15, -0.1) is 11.3 Å². The molecular weight excluding hydrogens is 274 g/mol. The van der Waals surface area contributed by atoms with Crippen molar-refractivity contribution < 1.29 is 0 Å². The van der Waals surface area contributed by atoms with Gasteiger partial charge < -0.3 is 11.1 Å². The number of nitrogens with two attached hydrogens (primary N) is 1. The molecule has 0 aliphatic heterocycles. The molecular formula is C10H10BrN3S. The second-order valence-electron chi connectivity index (χ2n) is 3.06. The summed E-state index contributed by atoms with van der Waals surface area (Å²) in [6.07, 6.45) is 1.86. The number of hydrogen-bond donors (Lipinski definition) is 2. The zero-order chi connectivity index (χ0) is 10.7. The maximum absolute atomic E-state index is 5.65. The van der Waals surface area contributed by atoms with Crippen LogP contribution in [-0.2, 0) is 6.54 Å². The molecule has 0 spiro atoms. The summed E-state index contributed by atoms with van der Waals surface area (Å²) in [5.74, 6) is 0. The van der Waals surface area contributed by atoms with Crippen molar-refractivity contribution >= 4 is 38.6 Å². The fourth-order valence-electron chi connectivity index (χ4n) is 1.19. The molecule has 1 aromatic carbocycles. The third kappa shape index (κ3) is 2.70. The summed E-state index contributed by atoms with van der Waals surface area (Å²) in [4.78, 5) is 5.22. The van der Waals surface area contributed by atoms with Gasteiger partial charge in [0.25, 0.3) is 0 Å². The molecule has 1 aromatic heterocycles. The monoisotopic (exact) mass is 283 g/mol. The van der Waals surface area contributed by atoms with Gasteiger partial charge in [0.2, 0.25) is 0 Å². The predicted molar refractivity (Wildman–Crippen MR) is 68.0 cm³/mol. The van der Waals surface area contributed by atoms with Crippen LogP contribution in [0.3, 0.4) is 0 Å². The highest BCUT2D eigenvalue weighted by atomic mass is 79.9. The quantitative estimate of drug-likeness (QED) is 0.851. The van der Waals surface area contributed by atoms with Gasteiger partial charge in [0, 0.05) is 26.9 Å². The van der Waals surface area contributed by atoms with Gasteiger partial charge in [0.05, 0.1) is 12.1 Å². The van der Waals surface area contributed by atoms with Gasteiger partial charge in [-0.05, 0) is 34.1 Å². The van der Waals surface area contributed by atoms with E-state index in [1.54, 1.807) is 11.3 Å². The number of nitrogens with one attached hydrogen (secondary N) is 1. The highest BCUT2D eigenvalue weighted by Gasteiger charge is 2.00. The lowest BCUT2D eigenvalue weighted by Crippen LogP contribution is -1.98. The molecule has 1 heterocycles. The average Bonchev–Trinajstić information content (AvgIpc) is 2.69. The molecule has 0 unspecified atom stereocenters. The van der Waals surface area contributed by atoms with Crippen molar-refractivity contribution in [2.45, 2.75) is 6.54 Å². The first-order valence-corrected chi connectivity index (χ1v) is 6.09. The number of thiazole rings is 1. The molecule has 0 aliphatic rings. The molecule has 5 heteroatoms. The Balaban J connectivity index is 2.05. The second-order valence-corrected chi connectivity index (χ2v) is 4.89. The van der Waals surface area contributed by atoms with Crippen LogP contribution < -0.4 is 11.1 Å². The van der Waals surface area contributed by atoms with Crippen molar-refractivity contribution in [2.75, 3.05) is 11.1 Å². The first kappa shape index (κ1) is 10.4. The summed E-state index contributed by atoms with van der Waals surface area (Å²) in [6, 6.07) is 5.72. The molecule has 3 nitrogen and oxygen atoms in total. The zero-order valence-electron chi connectivity index (χ0n) is 7.90. The molecule has 78 valence electrons. The average molecular weight is 284 g/mol. The van der Waals surface area contributed by atoms with E-state index in [9.17, 15) is 0 Å². The number of nitrogens with zero attached hydrogens (tertiary/aromatic N) is 1. The first-order valence-electron chi connectivity index (χ1n) is 4.42. The Hall–Kier alpha value is -1.07.